The molecule has 1 N–H and O–H groups in total. The molecule has 1 aliphatic rings. The molecule has 2 unspecified atom stereocenters. The summed E-state index contributed by atoms with van der Waals surface area (Å²) in [7, 11) is 0. The van der Waals surface area contributed by atoms with Crippen LogP contribution in [-0.2, 0) is 4.79 Å². The van der Waals surface area contributed by atoms with E-state index in [2.05, 4.69) is 5.32 Å². The number of carbonyl (C=O) groups excluding carboxylic acids is 1. The summed E-state index contributed by atoms with van der Waals surface area (Å²) in [6.45, 7) is 0. The fourth-order valence-electron chi connectivity index (χ4n) is 2.71. The van der Waals surface area contributed by atoms with Crippen LogP contribution in [0.3, 0.4) is 0 Å². The lowest BCUT2D eigenvalue weighted by atomic mass is 9.88. The van der Waals surface area contributed by atoms with Crippen molar-refractivity contribution < 1.29 is 4.79 Å². The lowest BCUT2D eigenvalue weighted by molar-refractivity contribution is -0.119. The zero-order chi connectivity index (χ0) is 14.1. The number of hydrogen-bond acceptors (Lipinski definition) is 1. The van der Waals surface area contributed by atoms with E-state index in [1.165, 1.54) is 0 Å². The molecule has 2 aromatic rings. The highest BCUT2D eigenvalue weighted by atomic mass is 35.5. The summed E-state index contributed by atoms with van der Waals surface area (Å²) in [6, 6.07) is 15.3. The van der Waals surface area contributed by atoms with Crippen molar-refractivity contribution >= 4 is 29.1 Å². The first kappa shape index (κ1) is 13.5. The van der Waals surface area contributed by atoms with Crippen molar-refractivity contribution in [3.8, 4) is 0 Å². The average molecular weight is 306 g/mol. The second-order valence-electron chi connectivity index (χ2n) is 4.93. The van der Waals surface area contributed by atoms with E-state index >= 15 is 0 Å². The van der Waals surface area contributed by atoms with Crippen molar-refractivity contribution in [3.63, 3.8) is 0 Å². The van der Waals surface area contributed by atoms with Gasteiger partial charge in [-0.3, -0.25) is 4.79 Å². The SMILES string of the molecule is O=C1CC(c2cc(Cl)ccc2Cl)C(c2ccccc2)N1. The second-order valence-corrected chi connectivity index (χ2v) is 5.78. The van der Waals surface area contributed by atoms with Crippen molar-refractivity contribution in [2.45, 2.75) is 18.4 Å². The van der Waals surface area contributed by atoms with Gasteiger partial charge in [-0.1, -0.05) is 53.5 Å². The highest BCUT2D eigenvalue weighted by Gasteiger charge is 2.35. The number of rotatable bonds is 2. The van der Waals surface area contributed by atoms with Gasteiger partial charge in [-0.2, -0.15) is 0 Å². The minimum atomic E-state index is -0.0559. The zero-order valence-electron chi connectivity index (χ0n) is 10.6. The maximum Gasteiger partial charge on any atom is 0.221 e. The lowest BCUT2D eigenvalue weighted by Gasteiger charge is -2.20. The fourth-order valence-corrected chi connectivity index (χ4v) is 3.15. The first-order valence-electron chi connectivity index (χ1n) is 6.44. The Morgan fingerprint density at radius 1 is 1.05 bits per heavy atom. The Kier molecular flexibility index (Phi) is 3.68. The highest BCUT2D eigenvalue weighted by Crippen LogP contribution is 2.41. The van der Waals surface area contributed by atoms with Crippen LogP contribution in [0.25, 0.3) is 0 Å². The Balaban J connectivity index is 2.02. The number of halogens is 2. The van der Waals surface area contributed by atoms with E-state index in [1.807, 2.05) is 36.4 Å². The number of carbonyl (C=O) groups is 1. The van der Waals surface area contributed by atoms with Crippen molar-refractivity contribution in [1.29, 1.82) is 0 Å². The van der Waals surface area contributed by atoms with Crippen molar-refractivity contribution in [1.82, 2.24) is 5.32 Å². The molecule has 2 nitrogen and oxygen atoms in total. The van der Waals surface area contributed by atoms with Gasteiger partial charge >= 0.3 is 0 Å². The molecule has 1 saturated heterocycles. The number of nitrogens with one attached hydrogen (secondary N) is 1. The molecule has 0 saturated carbocycles. The summed E-state index contributed by atoms with van der Waals surface area (Å²) in [5.41, 5.74) is 2.01. The van der Waals surface area contributed by atoms with E-state index in [0.29, 0.717) is 16.5 Å². The minimum Gasteiger partial charge on any atom is -0.349 e. The minimum absolute atomic E-state index is 0.0103. The normalized spacial score (nSPS) is 21.8. The molecule has 1 amide bonds. The molecular formula is C16H13Cl2NO. The lowest BCUT2D eigenvalue weighted by Crippen LogP contribution is -2.20. The van der Waals surface area contributed by atoms with Gasteiger partial charge in [0.05, 0.1) is 6.04 Å². The highest BCUT2D eigenvalue weighted by molar-refractivity contribution is 6.33. The monoisotopic (exact) mass is 305 g/mol. The van der Waals surface area contributed by atoms with Gasteiger partial charge in [-0.25, -0.2) is 0 Å². The van der Waals surface area contributed by atoms with Crippen LogP contribution >= 0.6 is 23.2 Å². The van der Waals surface area contributed by atoms with Crippen LogP contribution in [0.2, 0.25) is 10.0 Å². The maximum atomic E-state index is 11.8. The Morgan fingerprint density at radius 2 is 1.80 bits per heavy atom. The molecule has 0 radical (unpaired) electrons. The van der Waals surface area contributed by atoms with Gasteiger partial charge in [0, 0.05) is 22.4 Å². The summed E-state index contributed by atoms with van der Waals surface area (Å²) in [5.74, 6) is 0.0518. The summed E-state index contributed by atoms with van der Waals surface area (Å²) in [4.78, 5) is 11.8. The summed E-state index contributed by atoms with van der Waals surface area (Å²) in [5, 5.41) is 4.31. The average Bonchev–Trinajstić information content (AvgIpc) is 2.84. The molecule has 20 heavy (non-hydrogen) atoms. The van der Waals surface area contributed by atoms with E-state index in [0.717, 1.165) is 11.1 Å². The molecule has 0 bridgehead atoms. The van der Waals surface area contributed by atoms with E-state index < -0.39 is 0 Å². The third-order valence-corrected chi connectivity index (χ3v) is 4.22. The molecule has 1 fully saturated rings. The number of benzene rings is 2. The molecule has 3 rings (SSSR count). The quantitative estimate of drug-likeness (QED) is 0.878. The third-order valence-electron chi connectivity index (χ3n) is 3.64. The van der Waals surface area contributed by atoms with Gasteiger partial charge in [-0.05, 0) is 29.3 Å². The van der Waals surface area contributed by atoms with Gasteiger partial charge in [0.25, 0.3) is 0 Å². The van der Waals surface area contributed by atoms with Crippen LogP contribution in [0.4, 0.5) is 0 Å². The molecule has 102 valence electrons. The standard InChI is InChI=1S/C16H13Cl2NO/c17-11-6-7-14(18)12(8-11)13-9-15(20)19-16(13)10-4-2-1-3-5-10/h1-8,13,16H,9H2,(H,19,20). The molecule has 1 heterocycles. The van der Waals surface area contributed by atoms with Crippen molar-refractivity contribution in [2.24, 2.45) is 0 Å². The van der Waals surface area contributed by atoms with Gasteiger partial charge in [-0.15, -0.1) is 0 Å². The predicted octanol–water partition coefficient (Wildman–Crippen LogP) is 4.34. The number of hydrogen-bond donors (Lipinski definition) is 1. The Morgan fingerprint density at radius 3 is 2.55 bits per heavy atom. The van der Waals surface area contributed by atoms with Crippen LogP contribution in [0.15, 0.2) is 48.5 Å². The first-order valence-corrected chi connectivity index (χ1v) is 7.20. The van der Waals surface area contributed by atoms with Crippen molar-refractivity contribution in [3.05, 3.63) is 69.7 Å². The van der Waals surface area contributed by atoms with Crippen LogP contribution in [-0.4, -0.2) is 5.91 Å². The molecule has 2 aromatic carbocycles. The predicted molar refractivity (Wildman–Crippen MR) is 81.1 cm³/mol. The number of amides is 1. The van der Waals surface area contributed by atoms with Crippen LogP contribution in [0, 0.1) is 0 Å². The largest absolute Gasteiger partial charge is 0.349 e. The summed E-state index contributed by atoms with van der Waals surface area (Å²) in [6.07, 6.45) is 0.430. The Bertz CT molecular complexity index is 642. The third kappa shape index (κ3) is 2.54. The van der Waals surface area contributed by atoms with E-state index in [-0.39, 0.29) is 17.9 Å². The second kappa shape index (κ2) is 5.47. The molecule has 0 aromatic heterocycles. The molecule has 0 spiro atoms. The topological polar surface area (TPSA) is 29.1 Å². The Hall–Kier alpha value is -1.51. The maximum absolute atomic E-state index is 11.8. The van der Waals surface area contributed by atoms with E-state index in [9.17, 15) is 4.79 Å². The molecular weight excluding hydrogens is 293 g/mol. The summed E-state index contributed by atoms with van der Waals surface area (Å²) >= 11 is 12.3. The zero-order valence-corrected chi connectivity index (χ0v) is 12.2. The van der Waals surface area contributed by atoms with Gasteiger partial charge in [0.2, 0.25) is 5.91 Å². The van der Waals surface area contributed by atoms with E-state index in [1.54, 1.807) is 12.1 Å². The van der Waals surface area contributed by atoms with Crippen LogP contribution in [0.1, 0.15) is 29.5 Å². The van der Waals surface area contributed by atoms with Gasteiger partial charge < -0.3 is 5.32 Å². The van der Waals surface area contributed by atoms with Crippen molar-refractivity contribution in [2.75, 3.05) is 0 Å². The van der Waals surface area contributed by atoms with Gasteiger partial charge in [0.1, 0.15) is 0 Å². The molecule has 0 aliphatic carbocycles. The molecule has 4 heteroatoms. The summed E-state index contributed by atoms with van der Waals surface area (Å²) < 4.78 is 0. The fraction of sp³-hybridized carbons (Fsp3) is 0.188. The Labute approximate surface area is 127 Å². The van der Waals surface area contributed by atoms with Crippen LogP contribution < -0.4 is 5.32 Å². The van der Waals surface area contributed by atoms with Crippen LogP contribution in [0.5, 0.6) is 0 Å². The molecule has 1 aliphatic heterocycles. The smallest absolute Gasteiger partial charge is 0.221 e. The van der Waals surface area contributed by atoms with Gasteiger partial charge in [0.15, 0.2) is 0 Å². The molecule has 2 atom stereocenters. The van der Waals surface area contributed by atoms with E-state index in [4.69, 9.17) is 23.2 Å². The first-order chi connectivity index (χ1) is 9.65.